The summed E-state index contributed by atoms with van der Waals surface area (Å²) in [6, 6.07) is 4.12. The second-order valence-electron chi connectivity index (χ2n) is 13.9. The van der Waals surface area contributed by atoms with Crippen molar-refractivity contribution in [1.29, 1.82) is 5.26 Å². The maximum absolute atomic E-state index is 13.4. The number of amides is 2. The van der Waals surface area contributed by atoms with E-state index in [-0.39, 0.29) is 23.4 Å². The summed E-state index contributed by atoms with van der Waals surface area (Å²) in [6.45, 7) is 15.7. The molecule has 18 nitrogen and oxygen atoms in total. The van der Waals surface area contributed by atoms with E-state index in [9.17, 15) is 29.2 Å². The molecular formula is C32H46N6O12Si. The molecule has 2 aromatic rings. The van der Waals surface area contributed by atoms with Crippen molar-refractivity contribution in [1.82, 2.24) is 19.9 Å². The van der Waals surface area contributed by atoms with Gasteiger partial charge in [0.2, 0.25) is 12.4 Å². The standard InChI is InChI=1S/C32H46N6O12Si/c1-11-23(40)47-25-21(14-44-28(41)24(18(2)3)36-30(43)49-31(5,6)7)48-32(15-33,26(25)50-51(8,9)10)22-13-12-20-27(34-16-35-38(20)22)37-29(42)46-17-45-19(4)39/h12-13,16,18,21,24-26H,11,14,17H2,1-10H3,(H,36,43)(H,34,35,37,42)/t21-,24+,25-,26-,32+/m1/s1. The van der Waals surface area contributed by atoms with Gasteiger partial charge in [0.1, 0.15) is 48.4 Å². The van der Waals surface area contributed by atoms with Crippen LogP contribution in [0.1, 0.15) is 60.6 Å². The quantitative estimate of drug-likeness (QED) is 0.130. The Balaban J connectivity index is 2.03. The maximum atomic E-state index is 13.4. The molecular weight excluding hydrogens is 688 g/mol. The lowest BCUT2D eigenvalue weighted by Gasteiger charge is -2.33. The molecule has 3 rings (SSSR count). The van der Waals surface area contributed by atoms with E-state index in [1.165, 1.54) is 16.6 Å². The van der Waals surface area contributed by atoms with Gasteiger partial charge in [-0.15, -0.1) is 0 Å². The molecule has 0 saturated carbocycles. The molecule has 5 atom stereocenters. The maximum Gasteiger partial charge on any atom is 0.415 e. The molecule has 0 aromatic carbocycles. The number of nitrogens with one attached hydrogen (secondary N) is 2. The van der Waals surface area contributed by atoms with E-state index >= 15 is 0 Å². The Bertz CT molecular complexity index is 1650. The average Bonchev–Trinajstić information content (AvgIpc) is 3.57. The van der Waals surface area contributed by atoms with E-state index < -0.39 is 93.3 Å². The third-order valence-corrected chi connectivity index (χ3v) is 8.05. The molecule has 2 amide bonds. The zero-order valence-corrected chi connectivity index (χ0v) is 31.4. The van der Waals surface area contributed by atoms with Gasteiger partial charge in [-0.1, -0.05) is 20.8 Å². The smallest absolute Gasteiger partial charge is 0.415 e. The highest BCUT2D eigenvalue weighted by atomic mass is 28.4. The normalized spacial score (nSPS) is 20.9. The Hall–Kier alpha value is -4.80. The van der Waals surface area contributed by atoms with Crippen molar-refractivity contribution in [2.75, 3.05) is 18.7 Å². The van der Waals surface area contributed by atoms with Crippen LogP contribution in [0.2, 0.25) is 19.6 Å². The molecule has 0 radical (unpaired) electrons. The summed E-state index contributed by atoms with van der Waals surface area (Å²) < 4.78 is 40.5. The van der Waals surface area contributed by atoms with E-state index in [2.05, 4.69) is 31.5 Å². The second-order valence-corrected chi connectivity index (χ2v) is 18.4. The molecule has 2 aromatic heterocycles. The molecule has 1 aliphatic heterocycles. The lowest BCUT2D eigenvalue weighted by Crippen LogP contribution is -2.50. The highest BCUT2D eigenvalue weighted by Crippen LogP contribution is 2.44. The van der Waals surface area contributed by atoms with Gasteiger partial charge in [-0.05, 0) is 58.5 Å². The summed E-state index contributed by atoms with van der Waals surface area (Å²) in [5.41, 5.74) is -2.47. The lowest BCUT2D eigenvalue weighted by atomic mass is 9.92. The number of hydrogen-bond acceptors (Lipinski definition) is 15. The largest absolute Gasteiger partial charge is 0.461 e. The zero-order chi connectivity index (χ0) is 38.3. The summed E-state index contributed by atoms with van der Waals surface area (Å²) >= 11 is 0. The number of alkyl carbamates (subject to hydrolysis) is 1. The van der Waals surface area contributed by atoms with Crippen LogP contribution in [0, 0.1) is 17.2 Å². The molecule has 1 saturated heterocycles. The monoisotopic (exact) mass is 734 g/mol. The minimum absolute atomic E-state index is 0.0126. The molecule has 0 aliphatic carbocycles. The van der Waals surface area contributed by atoms with E-state index in [1.807, 2.05) is 19.6 Å². The first kappa shape index (κ1) is 40.6. The van der Waals surface area contributed by atoms with Crippen molar-refractivity contribution in [3.05, 3.63) is 24.2 Å². The van der Waals surface area contributed by atoms with Gasteiger partial charge in [0.05, 0.1) is 5.69 Å². The highest BCUT2D eigenvalue weighted by Gasteiger charge is 2.62. The Morgan fingerprint density at radius 1 is 1.10 bits per heavy atom. The van der Waals surface area contributed by atoms with Crippen LogP contribution < -0.4 is 10.6 Å². The number of anilines is 1. The van der Waals surface area contributed by atoms with Crippen LogP contribution in [0.15, 0.2) is 18.5 Å². The van der Waals surface area contributed by atoms with Crippen LogP contribution in [0.3, 0.4) is 0 Å². The summed E-state index contributed by atoms with van der Waals surface area (Å²) in [6.07, 6.45) is -4.40. The van der Waals surface area contributed by atoms with Crippen molar-refractivity contribution < 1.29 is 56.8 Å². The van der Waals surface area contributed by atoms with Crippen molar-refractivity contribution >= 4 is 49.7 Å². The predicted molar refractivity (Wildman–Crippen MR) is 179 cm³/mol. The van der Waals surface area contributed by atoms with Crippen molar-refractivity contribution in [3.63, 3.8) is 0 Å². The van der Waals surface area contributed by atoms with Crippen LogP contribution in [0.25, 0.3) is 5.52 Å². The van der Waals surface area contributed by atoms with E-state index in [0.29, 0.717) is 0 Å². The van der Waals surface area contributed by atoms with Crippen LogP contribution in [0.5, 0.6) is 0 Å². The number of rotatable bonds is 13. The van der Waals surface area contributed by atoms with Gasteiger partial charge >= 0.3 is 30.1 Å². The van der Waals surface area contributed by atoms with Gasteiger partial charge in [-0.2, -0.15) is 10.4 Å². The number of fused-ring (bicyclic) bond motifs is 1. The number of ether oxygens (including phenoxy) is 6. The highest BCUT2D eigenvalue weighted by molar-refractivity contribution is 6.69. The fourth-order valence-electron chi connectivity index (χ4n) is 4.98. The minimum Gasteiger partial charge on any atom is -0.461 e. The van der Waals surface area contributed by atoms with Gasteiger partial charge in [0.25, 0.3) is 0 Å². The van der Waals surface area contributed by atoms with Gasteiger partial charge in [-0.25, -0.2) is 23.9 Å². The zero-order valence-electron chi connectivity index (χ0n) is 30.4. The fourth-order valence-corrected chi connectivity index (χ4v) is 6.04. The second kappa shape index (κ2) is 16.5. The third-order valence-electron chi connectivity index (χ3n) is 7.09. The number of aromatic nitrogens is 3. The third kappa shape index (κ3) is 10.6. The Kier molecular flexibility index (Phi) is 13.1. The Morgan fingerprint density at radius 3 is 2.35 bits per heavy atom. The molecule has 3 heterocycles. The summed E-state index contributed by atoms with van der Waals surface area (Å²) in [5, 5.41) is 20.1. The number of carbonyl (C=O) groups is 5. The van der Waals surface area contributed by atoms with Gasteiger partial charge in [0.15, 0.2) is 20.2 Å². The van der Waals surface area contributed by atoms with Gasteiger partial charge in [-0.3, -0.25) is 14.9 Å². The topological polar surface area (TPSA) is 228 Å². The molecule has 51 heavy (non-hydrogen) atoms. The number of nitrogens with zero attached hydrogens (tertiary/aromatic N) is 4. The van der Waals surface area contributed by atoms with E-state index in [4.69, 9.17) is 28.1 Å². The summed E-state index contributed by atoms with van der Waals surface area (Å²) in [7, 11) is -2.55. The number of esters is 3. The first-order valence-corrected chi connectivity index (χ1v) is 19.6. The number of nitriles is 1. The van der Waals surface area contributed by atoms with Crippen LogP contribution in [-0.4, -0.2) is 96.4 Å². The SMILES string of the molecule is CCC(=O)O[C@H]1[C@@H](O[Si](C)(C)C)[C@](C#N)(c2ccc3c(NC(=O)OCOC(C)=O)ncnn23)O[C@@H]1COC(=O)[C@@H](NC(=O)OC(C)(C)C)C(C)C. The molecule has 1 fully saturated rings. The predicted octanol–water partition coefficient (Wildman–Crippen LogP) is 3.55. The van der Waals surface area contributed by atoms with Crippen LogP contribution in [0.4, 0.5) is 15.4 Å². The first-order valence-electron chi connectivity index (χ1n) is 16.2. The van der Waals surface area contributed by atoms with E-state index in [1.54, 1.807) is 41.5 Å². The van der Waals surface area contributed by atoms with Gasteiger partial charge < -0.3 is 38.2 Å². The molecule has 280 valence electrons. The van der Waals surface area contributed by atoms with Crippen LogP contribution in [-0.2, 0) is 52.8 Å². The Morgan fingerprint density at radius 2 is 1.78 bits per heavy atom. The molecule has 2 N–H and O–H groups in total. The molecule has 19 heteroatoms. The number of carbonyl (C=O) groups excluding carboxylic acids is 5. The average molecular weight is 735 g/mol. The van der Waals surface area contributed by atoms with E-state index in [0.717, 1.165) is 13.3 Å². The van der Waals surface area contributed by atoms with Crippen molar-refractivity contribution in [2.45, 2.75) is 110 Å². The van der Waals surface area contributed by atoms with Crippen molar-refractivity contribution in [3.8, 4) is 6.07 Å². The summed E-state index contributed by atoms with van der Waals surface area (Å²) in [4.78, 5) is 66.1. The fraction of sp³-hybridized carbons (Fsp3) is 0.625. The molecule has 0 unspecified atom stereocenters. The molecule has 1 aliphatic rings. The lowest BCUT2D eigenvalue weighted by molar-refractivity contribution is -0.161. The molecule has 0 bridgehead atoms. The first-order chi connectivity index (χ1) is 23.7. The Labute approximate surface area is 296 Å². The summed E-state index contributed by atoms with van der Waals surface area (Å²) in [5.74, 6) is -2.50. The van der Waals surface area contributed by atoms with Crippen molar-refractivity contribution in [2.24, 2.45) is 5.92 Å². The number of hydrogen-bond donors (Lipinski definition) is 2. The van der Waals surface area contributed by atoms with Gasteiger partial charge in [0, 0.05) is 13.3 Å². The minimum atomic E-state index is -2.55. The molecule has 0 spiro atoms. The van der Waals surface area contributed by atoms with Crippen LogP contribution >= 0.6 is 0 Å².